The molecule has 0 spiro atoms. The topological polar surface area (TPSA) is 57.5 Å². The average molecular weight is 437 g/mol. The van der Waals surface area contributed by atoms with Crippen molar-refractivity contribution in [1.29, 1.82) is 0 Å². The van der Waals surface area contributed by atoms with Gasteiger partial charge in [0.25, 0.3) is 0 Å². The van der Waals surface area contributed by atoms with Crippen LogP contribution in [0.2, 0.25) is 0 Å². The number of hydrogen-bond donors (Lipinski definition) is 2. The predicted octanol–water partition coefficient (Wildman–Crippen LogP) is 3.57. The monoisotopic (exact) mass is 436 g/mol. The van der Waals surface area contributed by atoms with Crippen LogP contribution in [-0.2, 0) is 19.6 Å². The number of guanidine groups is 1. The first-order chi connectivity index (χ1) is 15.3. The number of hydrogen-bond acceptors (Lipinski definition) is 4. The van der Waals surface area contributed by atoms with Gasteiger partial charge in [-0.25, -0.2) is 0 Å². The van der Waals surface area contributed by atoms with Crippen LogP contribution in [0.3, 0.4) is 0 Å². The van der Waals surface area contributed by atoms with E-state index in [1.165, 1.54) is 35.4 Å². The molecule has 1 unspecified atom stereocenters. The van der Waals surface area contributed by atoms with Crippen LogP contribution >= 0.6 is 11.3 Å². The van der Waals surface area contributed by atoms with E-state index >= 15 is 0 Å². The number of thiophene rings is 1. The van der Waals surface area contributed by atoms with E-state index in [4.69, 9.17) is 0 Å². The highest BCUT2D eigenvalue weighted by Crippen LogP contribution is 2.20. The second-order valence-corrected chi connectivity index (χ2v) is 9.13. The van der Waals surface area contributed by atoms with Gasteiger partial charge in [0.05, 0.1) is 6.54 Å². The summed E-state index contributed by atoms with van der Waals surface area (Å²) in [5.74, 6) is 1.52. The van der Waals surface area contributed by atoms with Gasteiger partial charge in [-0.3, -0.25) is 14.6 Å². The van der Waals surface area contributed by atoms with Crippen molar-refractivity contribution in [2.75, 3.05) is 26.7 Å². The number of nitrogens with one attached hydrogen (secondary N) is 2. The molecule has 4 rings (SSSR count). The number of aliphatic imine (C=N–C) groups is 1. The van der Waals surface area contributed by atoms with Crippen LogP contribution in [0.25, 0.3) is 0 Å². The summed E-state index contributed by atoms with van der Waals surface area (Å²) in [4.78, 5) is 8.48. The van der Waals surface area contributed by atoms with Gasteiger partial charge in [-0.1, -0.05) is 30.3 Å². The third kappa shape index (κ3) is 6.42. The third-order valence-electron chi connectivity index (χ3n) is 5.80. The SMILES string of the molecule is CN=C(NCc1ccccc1Cn1cccn1)NCC1CCCN(Cc2cccs2)C1. The molecule has 1 atom stereocenters. The van der Waals surface area contributed by atoms with Gasteiger partial charge in [-0.2, -0.15) is 5.10 Å². The second kappa shape index (κ2) is 11.1. The molecule has 1 fully saturated rings. The molecule has 2 N–H and O–H groups in total. The molecule has 6 nitrogen and oxygen atoms in total. The zero-order chi connectivity index (χ0) is 21.3. The Kier molecular flexibility index (Phi) is 7.74. The molecule has 0 radical (unpaired) electrons. The maximum atomic E-state index is 4.44. The van der Waals surface area contributed by atoms with Crippen molar-refractivity contribution in [3.63, 3.8) is 0 Å². The smallest absolute Gasteiger partial charge is 0.191 e. The fraction of sp³-hybridized carbons (Fsp3) is 0.417. The van der Waals surface area contributed by atoms with Gasteiger partial charge in [-0.15, -0.1) is 11.3 Å². The Morgan fingerprint density at radius 2 is 2.03 bits per heavy atom. The number of benzene rings is 1. The standard InChI is InChI=1S/C24H32N6S/c1-25-24(26-15-20-7-4-12-29(17-20)19-23-10-5-14-31-23)27-16-21-8-2-3-9-22(21)18-30-13-6-11-28-30/h2-3,5-6,8-11,13-14,20H,4,7,12,15-19H2,1H3,(H2,25,26,27). The number of rotatable bonds is 8. The Morgan fingerprint density at radius 1 is 1.13 bits per heavy atom. The van der Waals surface area contributed by atoms with E-state index in [-0.39, 0.29) is 0 Å². The maximum Gasteiger partial charge on any atom is 0.191 e. The molecule has 0 bridgehead atoms. The lowest BCUT2D eigenvalue weighted by molar-refractivity contribution is 0.169. The van der Waals surface area contributed by atoms with Crippen molar-refractivity contribution >= 4 is 17.3 Å². The normalized spacial score (nSPS) is 17.6. The van der Waals surface area contributed by atoms with Gasteiger partial charge in [0.15, 0.2) is 5.96 Å². The van der Waals surface area contributed by atoms with Crippen molar-refractivity contribution < 1.29 is 0 Å². The van der Waals surface area contributed by atoms with E-state index < -0.39 is 0 Å². The maximum absolute atomic E-state index is 4.44. The Morgan fingerprint density at radius 3 is 2.81 bits per heavy atom. The number of nitrogens with zero attached hydrogens (tertiary/aromatic N) is 4. The molecule has 164 valence electrons. The summed E-state index contributed by atoms with van der Waals surface area (Å²) in [6.45, 7) is 5.90. The van der Waals surface area contributed by atoms with Crippen molar-refractivity contribution in [3.05, 3.63) is 76.2 Å². The first-order valence-corrected chi connectivity index (χ1v) is 11.9. The second-order valence-electron chi connectivity index (χ2n) is 8.10. The minimum absolute atomic E-state index is 0.652. The molecular weight excluding hydrogens is 404 g/mol. The Balaban J connectivity index is 1.26. The van der Waals surface area contributed by atoms with Gasteiger partial charge in [0, 0.05) is 50.5 Å². The van der Waals surface area contributed by atoms with Crippen molar-refractivity contribution in [2.45, 2.75) is 32.5 Å². The minimum Gasteiger partial charge on any atom is -0.356 e. The molecule has 0 saturated carbocycles. The molecule has 1 saturated heterocycles. The van der Waals surface area contributed by atoms with Crippen LogP contribution in [-0.4, -0.2) is 47.3 Å². The molecule has 3 aromatic rings. The molecule has 31 heavy (non-hydrogen) atoms. The zero-order valence-electron chi connectivity index (χ0n) is 18.2. The predicted molar refractivity (Wildman–Crippen MR) is 128 cm³/mol. The van der Waals surface area contributed by atoms with E-state index in [1.54, 1.807) is 0 Å². The lowest BCUT2D eigenvalue weighted by Gasteiger charge is -2.32. The van der Waals surface area contributed by atoms with Crippen molar-refractivity contribution in [3.8, 4) is 0 Å². The van der Waals surface area contributed by atoms with E-state index in [2.05, 4.69) is 67.4 Å². The van der Waals surface area contributed by atoms with Gasteiger partial charge in [0.2, 0.25) is 0 Å². The molecule has 1 aliphatic rings. The largest absolute Gasteiger partial charge is 0.356 e. The summed E-state index contributed by atoms with van der Waals surface area (Å²) in [6.07, 6.45) is 6.36. The van der Waals surface area contributed by atoms with Gasteiger partial charge in [-0.05, 0) is 53.9 Å². The average Bonchev–Trinajstić information content (AvgIpc) is 3.50. The van der Waals surface area contributed by atoms with Crippen LogP contribution in [0.1, 0.15) is 28.8 Å². The van der Waals surface area contributed by atoms with E-state index in [9.17, 15) is 0 Å². The zero-order valence-corrected chi connectivity index (χ0v) is 19.0. The third-order valence-corrected chi connectivity index (χ3v) is 6.66. The van der Waals surface area contributed by atoms with Crippen LogP contribution in [0.4, 0.5) is 0 Å². The van der Waals surface area contributed by atoms with Crippen molar-refractivity contribution in [2.24, 2.45) is 10.9 Å². The molecule has 7 heteroatoms. The minimum atomic E-state index is 0.652. The lowest BCUT2D eigenvalue weighted by Crippen LogP contribution is -2.44. The number of aromatic nitrogens is 2. The molecule has 0 aliphatic carbocycles. The van der Waals surface area contributed by atoms with E-state index in [1.807, 2.05) is 41.5 Å². The molecule has 1 aromatic carbocycles. The highest BCUT2D eigenvalue weighted by Gasteiger charge is 2.20. The summed E-state index contributed by atoms with van der Waals surface area (Å²) in [5, 5.41) is 13.5. The molecule has 0 amide bonds. The lowest BCUT2D eigenvalue weighted by atomic mass is 9.98. The van der Waals surface area contributed by atoms with Crippen LogP contribution in [0.15, 0.2) is 65.2 Å². The highest BCUT2D eigenvalue weighted by molar-refractivity contribution is 7.09. The van der Waals surface area contributed by atoms with Gasteiger partial charge in [0.1, 0.15) is 0 Å². The molecular formula is C24H32N6S. The number of piperidine rings is 1. The fourth-order valence-corrected chi connectivity index (χ4v) is 4.92. The van der Waals surface area contributed by atoms with Crippen LogP contribution < -0.4 is 10.6 Å². The molecule has 2 aromatic heterocycles. The summed E-state index contributed by atoms with van der Waals surface area (Å²) in [6, 6.07) is 14.8. The van der Waals surface area contributed by atoms with Gasteiger partial charge >= 0.3 is 0 Å². The van der Waals surface area contributed by atoms with E-state index in [0.29, 0.717) is 5.92 Å². The summed E-state index contributed by atoms with van der Waals surface area (Å²) in [7, 11) is 1.84. The highest BCUT2D eigenvalue weighted by atomic mass is 32.1. The van der Waals surface area contributed by atoms with Gasteiger partial charge < -0.3 is 10.6 Å². The number of likely N-dealkylation sites (tertiary alicyclic amines) is 1. The summed E-state index contributed by atoms with van der Waals surface area (Å²) >= 11 is 1.85. The summed E-state index contributed by atoms with van der Waals surface area (Å²) in [5.41, 5.74) is 2.53. The molecule has 1 aliphatic heterocycles. The molecule has 3 heterocycles. The van der Waals surface area contributed by atoms with Crippen LogP contribution in [0, 0.1) is 5.92 Å². The Hall–Kier alpha value is -2.64. The first kappa shape index (κ1) is 21.6. The summed E-state index contributed by atoms with van der Waals surface area (Å²) < 4.78 is 1.96. The first-order valence-electron chi connectivity index (χ1n) is 11.0. The Labute approximate surface area is 189 Å². The fourth-order valence-electron chi connectivity index (χ4n) is 4.18. The van der Waals surface area contributed by atoms with Crippen molar-refractivity contribution in [1.82, 2.24) is 25.3 Å². The van der Waals surface area contributed by atoms with Crippen LogP contribution in [0.5, 0.6) is 0 Å². The Bertz CT molecular complexity index is 935. The quantitative estimate of drug-likeness (QED) is 0.419. The van der Waals surface area contributed by atoms with E-state index in [0.717, 1.165) is 38.7 Å².